The molecule has 0 saturated carbocycles. The van der Waals surface area contributed by atoms with Crippen molar-refractivity contribution in [3.05, 3.63) is 77.3 Å². The quantitative estimate of drug-likeness (QED) is 0.474. The largest absolute Gasteiger partial charge is 0.441 e. The van der Waals surface area contributed by atoms with Crippen LogP contribution in [0.2, 0.25) is 5.02 Å². The fourth-order valence-corrected chi connectivity index (χ4v) is 4.60. The number of sulfone groups is 1. The van der Waals surface area contributed by atoms with Gasteiger partial charge in [0.25, 0.3) is 0 Å². The summed E-state index contributed by atoms with van der Waals surface area (Å²) < 4.78 is 30.0. The Labute approximate surface area is 181 Å². The van der Waals surface area contributed by atoms with Crippen LogP contribution in [0.3, 0.4) is 0 Å². The van der Waals surface area contributed by atoms with Crippen molar-refractivity contribution in [3.63, 3.8) is 0 Å². The molecular weight excluding hydrogens is 424 g/mol. The van der Waals surface area contributed by atoms with Crippen LogP contribution < -0.4 is 5.32 Å². The van der Waals surface area contributed by atoms with Crippen molar-refractivity contribution in [3.8, 4) is 11.3 Å². The number of benzene rings is 2. The maximum atomic E-state index is 12.2. The van der Waals surface area contributed by atoms with Gasteiger partial charge in [0.15, 0.2) is 21.5 Å². The van der Waals surface area contributed by atoms with Crippen molar-refractivity contribution in [2.75, 3.05) is 12.3 Å². The van der Waals surface area contributed by atoms with Crippen molar-refractivity contribution in [2.24, 2.45) is 0 Å². The maximum Gasteiger partial charge on any atom is 0.220 e. The van der Waals surface area contributed by atoms with Gasteiger partial charge in [-0.25, -0.2) is 13.4 Å². The zero-order valence-corrected chi connectivity index (χ0v) is 18.0. The Bertz CT molecular complexity index is 1080. The second-order valence-corrected chi connectivity index (χ2v) is 9.47. The number of carbonyl (C=O) groups is 1. The maximum absolute atomic E-state index is 12.2. The number of halogens is 1. The average molecular weight is 447 g/mol. The Balaban J connectivity index is 1.38. The van der Waals surface area contributed by atoms with Gasteiger partial charge >= 0.3 is 0 Å². The van der Waals surface area contributed by atoms with E-state index < -0.39 is 9.84 Å². The third-order valence-electron chi connectivity index (χ3n) is 4.44. The van der Waals surface area contributed by atoms with Gasteiger partial charge in [0.05, 0.1) is 22.7 Å². The summed E-state index contributed by atoms with van der Waals surface area (Å²) in [4.78, 5) is 16.2. The predicted molar refractivity (Wildman–Crippen MR) is 117 cm³/mol. The van der Waals surface area contributed by atoms with Gasteiger partial charge in [-0.1, -0.05) is 54.1 Å². The van der Waals surface area contributed by atoms with Crippen LogP contribution in [0.4, 0.5) is 0 Å². The van der Waals surface area contributed by atoms with Gasteiger partial charge in [0.1, 0.15) is 0 Å². The molecule has 0 unspecified atom stereocenters. The Morgan fingerprint density at radius 1 is 1.07 bits per heavy atom. The lowest BCUT2D eigenvalue weighted by Crippen LogP contribution is -2.26. The summed E-state index contributed by atoms with van der Waals surface area (Å²) in [5.74, 6) is 0.876. The molecule has 3 rings (SSSR count). The van der Waals surface area contributed by atoms with E-state index in [0.29, 0.717) is 36.1 Å². The van der Waals surface area contributed by atoms with Gasteiger partial charge in [-0.15, -0.1) is 0 Å². The van der Waals surface area contributed by atoms with Crippen LogP contribution in [-0.4, -0.2) is 31.6 Å². The highest BCUT2D eigenvalue weighted by molar-refractivity contribution is 7.90. The monoisotopic (exact) mass is 446 g/mol. The predicted octanol–water partition coefficient (Wildman–Crippen LogP) is 4.05. The molecule has 0 radical (unpaired) electrons. The van der Waals surface area contributed by atoms with E-state index in [2.05, 4.69) is 10.3 Å². The Kier molecular flexibility index (Phi) is 7.65. The summed E-state index contributed by atoms with van der Waals surface area (Å²) in [5, 5.41) is 3.31. The molecule has 1 aromatic heterocycles. The fraction of sp³-hybridized carbons (Fsp3) is 0.273. The summed E-state index contributed by atoms with van der Waals surface area (Å²) >= 11 is 6.15. The lowest BCUT2D eigenvalue weighted by Gasteiger charge is -2.06. The summed E-state index contributed by atoms with van der Waals surface area (Å²) in [7, 11) is -3.20. The number of hydrogen-bond donors (Lipinski definition) is 1. The molecule has 3 aromatic rings. The average Bonchev–Trinajstić information content (AvgIpc) is 3.19. The Morgan fingerprint density at radius 3 is 2.57 bits per heavy atom. The zero-order valence-electron chi connectivity index (χ0n) is 16.4. The Hall–Kier alpha value is -2.64. The van der Waals surface area contributed by atoms with Crippen molar-refractivity contribution in [2.45, 2.75) is 25.0 Å². The molecule has 0 saturated heterocycles. The molecule has 0 spiro atoms. The summed E-state index contributed by atoms with van der Waals surface area (Å²) in [6.45, 7) is 0.309. The second kappa shape index (κ2) is 10.4. The smallest absolute Gasteiger partial charge is 0.220 e. The number of amides is 1. The van der Waals surface area contributed by atoms with Crippen LogP contribution in [0.15, 0.2) is 65.2 Å². The first-order valence-electron chi connectivity index (χ1n) is 9.63. The number of hydrogen-bond acceptors (Lipinski definition) is 5. The minimum atomic E-state index is -3.20. The molecule has 6 nitrogen and oxygen atoms in total. The van der Waals surface area contributed by atoms with Crippen LogP contribution in [0.25, 0.3) is 11.3 Å². The topological polar surface area (TPSA) is 89.3 Å². The molecule has 0 aliphatic heterocycles. The zero-order chi connectivity index (χ0) is 21.4. The lowest BCUT2D eigenvalue weighted by molar-refractivity contribution is -0.121. The molecule has 2 aromatic carbocycles. The van der Waals surface area contributed by atoms with Crippen molar-refractivity contribution in [1.29, 1.82) is 0 Å². The molecule has 0 atom stereocenters. The first kappa shape index (κ1) is 22.1. The Morgan fingerprint density at radius 2 is 1.80 bits per heavy atom. The lowest BCUT2D eigenvalue weighted by atomic mass is 10.2. The number of aromatic nitrogens is 1. The van der Waals surface area contributed by atoms with E-state index in [1.807, 2.05) is 36.4 Å². The molecule has 0 fully saturated rings. The van der Waals surface area contributed by atoms with E-state index in [-0.39, 0.29) is 23.8 Å². The normalized spacial score (nSPS) is 11.4. The molecule has 8 heteroatoms. The van der Waals surface area contributed by atoms with Crippen LogP contribution in [0, 0.1) is 0 Å². The third kappa shape index (κ3) is 6.71. The molecule has 0 bridgehead atoms. The first-order chi connectivity index (χ1) is 14.4. The van der Waals surface area contributed by atoms with E-state index in [0.717, 1.165) is 11.1 Å². The van der Waals surface area contributed by atoms with Crippen molar-refractivity contribution in [1.82, 2.24) is 10.3 Å². The van der Waals surface area contributed by atoms with E-state index in [4.69, 9.17) is 16.0 Å². The van der Waals surface area contributed by atoms with Gasteiger partial charge in [-0.3, -0.25) is 4.79 Å². The SMILES string of the molecule is O=C(CCc1ncc(-c2ccccc2Cl)o1)NCCCS(=O)(=O)Cc1ccccc1. The minimum Gasteiger partial charge on any atom is -0.441 e. The minimum absolute atomic E-state index is 0.0136. The molecule has 158 valence electrons. The number of nitrogens with one attached hydrogen (secondary N) is 1. The van der Waals surface area contributed by atoms with Crippen LogP contribution >= 0.6 is 11.6 Å². The first-order valence-corrected chi connectivity index (χ1v) is 11.8. The standard InChI is InChI=1S/C22H23ClN2O4S/c23-19-10-5-4-9-18(19)20-15-25-22(29-20)12-11-21(26)24-13-6-14-30(27,28)16-17-7-2-1-3-8-17/h1-5,7-10,15H,6,11-14,16H2,(H,24,26). The van der Waals surface area contributed by atoms with E-state index in [1.165, 1.54) is 0 Å². The highest BCUT2D eigenvalue weighted by atomic mass is 35.5. The molecule has 30 heavy (non-hydrogen) atoms. The van der Waals surface area contributed by atoms with Crippen molar-refractivity contribution >= 4 is 27.3 Å². The number of oxazole rings is 1. The molecule has 0 aliphatic rings. The van der Waals surface area contributed by atoms with Gasteiger partial charge in [0.2, 0.25) is 5.91 Å². The molecule has 1 heterocycles. The highest BCUT2D eigenvalue weighted by Gasteiger charge is 2.13. The number of carbonyl (C=O) groups excluding carboxylic acids is 1. The number of aryl methyl sites for hydroxylation is 1. The highest BCUT2D eigenvalue weighted by Crippen LogP contribution is 2.28. The molecule has 0 aliphatic carbocycles. The fourth-order valence-electron chi connectivity index (χ4n) is 2.94. The number of nitrogens with zero attached hydrogens (tertiary/aromatic N) is 1. The van der Waals surface area contributed by atoms with Crippen LogP contribution in [-0.2, 0) is 26.8 Å². The molecule has 1 N–H and O–H groups in total. The third-order valence-corrected chi connectivity index (χ3v) is 6.46. The number of rotatable bonds is 10. The van der Waals surface area contributed by atoms with E-state index >= 15 is 0 Å². The van der Waals surface area contributed by atoms with Gasteiger partial charge in [-0.05, 0) is 24.1 Å². The van der Waals surface area contributed by atoms with Gasteiger partial charge < -0.3 is 9.73 Å². The van der Waals surface area contributed by atoms with Crippen molar-refractivity contribution < 1.29 is 17.6 Å². The van der Waals surface area contributed by atoms with E-state index in [1.54, 1.807) is 24.4 Å². The van der Waals surface area contributed by atoms with E-state index in [9.17, 15) is 13.2 Å². The van der Waals surface area contributed by atoms with Crippen LogP contribution in [0.5, 0.6) is 0 Å². The summed E-state index contributed by atoms with van der Waals surface area (Å²) in [6.07, 6.45) is 2.52. The van der Waals surface area contributed by atoms with Crippen LogP contribution in [0.1, 0.15) is 24.3 Å². The molecular formula is C22H23ClN2O4S. The van der Waals surface area contributed by atoms with Gasteiger partial charge in [0, 0.05) is 24.9 Å². The summed E-state index contributed by atoms with van der Waals surface area (Å²) in [6, 6.07) is 16.4. The summed E-state index contributed by atoms with van der Waals surface area (Å²) in [5.41, 5.74) is 1.52. The van der Waals surface area contributed by atoms with Gasteiger partial charge in [-0.2, -0.15) is 0 Å². The second-order valence-electron chi connectivity index (χ2n) is 6.88. The molecule has 1 amide bonds.